The number of unbranched alkanes of at least 4 members (excludes halogenated alkanes) is 1. The second-order valence-corrected chi connectivity index (χ2v) is 2.34. The van der Waals surface area contributed by atoms with Crippen LogP contribution in [-0.4, -0.2) is 23.1 Å². The summed E-state index contributed by atoms with van der Waals surface area (Å²) in [6, 6.07) is 9.87. The third-order valence-electron chi connectivity index (χ3n) is 1.20. The molecule has 0 aromatic heterocycles. The van der Waals surface area contributed by atoms with E-state index in [1.165, 1.54) is 6.42 Å². The molecule has 0 amide bonds. The van der Waals surface area contributed by atoms with Gasteiger partial charge in [0.1, 0.15) is 0 Å². The van der Waals surface area contributed by atoms with Crippen molar-refractivity contribution >= 4 is 35.5 Å². The Balaban J connectivity index is -0.000000150. The summed E-state index contributed by atoms with van der Waals surface area (Å²) in [6.07, 6.45) is 2.28. The van der Waals surface area contributed by atoms with E-state index in [-0.39, 0.29) is 35.5 Å². The first kappa shape index (κ1) is 18.8. The van der Waals surface area contributed by atoms with Gasteiger partial charge in [0.25, 0.3) is 0 Å². The van der Waals surface area contributed by atoms with Gasteiger partial charge in [-0.05, 0) is 0 Å². The molecular formula is C11H17ClMg. The van der Waals surface area contributed by atoms with Crippen LogP contribution in [-0.2, 0) is 0 Å². The molecular weight excluding hydrogens is 192 g/mol. The smallest absolute Gasteiger partial charge is 0.343 e. The van der Waals surface area contributed by atoms with Crippen LogP contribution in [0.25, 0.3) is 0 Å². The summed E-state index contributed by atoms with van der Waals surface area (Å²) >= 11 is 0. The molecule has 0 N–H and O–H groups in total. The first-order valence-electron chi connectivity index (χ1n) is 3.97. The molecule has 0 aliphatic rings. The van der Waals surface area contributed by atoms with Gasteiger partial charge in [-0.3, -0.25) is 0 Å². The zero-order chi connectivity index (χ0) is 8.53. The summed E-state index contributed by atoms with van der Waals surface area (Å²) in [4.78, 5) is 0. The standard InChI is InChI=1S/C7H7.C4H9.ClH.Mg/c1-7-5-3-2-4-6-7;1-3-4-2;;/h2-6H,1H2;1,3-4H2,2H3;1H;/q2*-1;;+2. The normalized spacial score (nSPS) is 6.92. The van der Waals surface area contributed by atoms with Gasteiger partial charge >= 0.3 is 23.1 Å². The summed E-state index contributed by atoms with van der Waals surface area (Å²) in [5, 5.41) is 0. The van der Waals surface area contributed by atoms with Crippen molar-refractivity contribution in [2.24, 2.45) is 0 Å². The van der Waals surface area contributed by atoms with Crippen LogP contribution in [0.3, 0.4) is 0 Å². The average molecular weight is 209 g/mol. The summed E-state index contributed by atoms with van der Waals surface area (Å²) in [5.41, 5.74) is 1.07. The fraction of sp³-hybridized carbons (Fsp3) is 0.273. The molecule has 2 heteroatoms. The summed E-state index contributed by atoms with van der Waals surface area (Å²) < 4.78 is 0. The van der Waals surface area contributed by atoms with Crippen LogP contribution in [0.1, 0.15) is 25.3 Å². The van der Waals surface area contributed by atoms with Crippen molar-refractivity contribution in [1.82, 2.24) is 0 Å². The molecule has 0 radical (unpaired) electrons. The number of halogens is 1. The van der Waals surface area contributed by atoms with E-state index < -0.39 is 0 Å². The predicted molar refractivity (Wildman–Crippen MR) is 64.2 cm³/mol. The minimum Gasteiger partial charge on any atom is -0.343 e. The maximum Gasteiger partial charge on any atom is 2.00 e. The van der Waals surface area contributed by atoms with E-state index in [0.717, 1.165) is 12.0 Å². The van der Waals surface area contributed by atoms with Crippen LogP contribution in [0.4, 0.5) is 0 Å². The number of benzene rings is 1. The Kier molecular flexibility index (Phi) is 21.2. The molecule has 0 bridgehead atoms. The maximum atomic E-state index is 3.72. The van der Waals surface area contributed by atoms with Crippen molar-refractivity contribution in [3.8, 4) is 0 Å². The van der Waals surface area contributed by atoms with Gasteiger partial charge in [-0.2, -0.15) is 31.0 Å². The van der Waals surface area contributed by atoms with Gasteiger partial charge in [-0.1, -0.05) is 19.4 Å². The Morgan fingerprint density at radius 3 is 1.69 bits per heavy atom. The van der Waals surface area contributed by atoms with Crippen molar-refractivity contribution < 1.29 is 0 Å². The molecule has 0 atom stereocenters. The summed E-state index contributed by atoms with van der Waals surface area (Å²) in [5.74, 6) is 0. The minimum atomic E-state index is 0. The van der Waals surface area contributed by atoms with E-state index in [0.29, 0.717) is 0 Å². The topological polar surface area (TPSA) is 0 Å². The van der Waals surface area contributed by atoms with Crippen LogP contribution in [0.5, 0.6) is 0 Å². The second kappa shape index (κ2) is 14.7. The van der Waals surface area contributed by atoms with Gasteiger partial charge in [0, 0.05) is 0 Å². The molecule has 1 aromatic rings. The first-order chi connectivity index (χ1) is 5.31. The Labute approximate surface area is 105 Å². The zero-order valence-electron chi connectivity index (χ0n) is 8.33. The predicted octanol–water partition coefficient (Wildman–Crippen LogP) is 3.53. The maximum absolute atomic E-state index is 3.72. The molecule has 70 valence electrons. The molecule has 0 heterocycles. The molecule has 1 rings (SSSR count). The van der Waals surface area contributed by atoms with E-state index in [4.69, 9.17) is 0 Å². The number of rotatable bonds is 1. The molecule has 0 fully saturated rings. The van der Waals surface area contributed by atoms with Gasteiger partial charge in [0.15, 0.2) is 0 Å². The molecule has 0 aliphatic carbocycles. The van der Waals surface area contributed by atoms with E-state index >= 15 is 0 Å². The van der Waals surface area contributed by atoms with Gasteiger partial charge in [0.05, 0.1) is 0 Å². The van der Waals surface area contributed by atoms with Crippen LogP contribution < -0.4 is 0 Å². The van der Waals surface area contributed by atoms with E-state index in [1.54, 1.807) is 0 Å². The molecule has 1 aromatic carbocycles. The fourth-order valence-electron chi connectivity index (χ4n) is 0.478. The Morgan fingerprint density at radius 2 is 1.54 bits per heavy atom. The van der Waals surface area contributed by atoms with E-state index in [1.807, 2.05) is 30.3 Å². The van der Waals surface area contributed by atoms with Crippen molar-refractivity contribution in [1.29, 1.82) is 0 Å². The number of hydrogen-bond donors (Lipinski definition) is 0. The van der Waals surface area contributed by atoms with Gasteiger partial charge in [0.2, 0.25) is 0 Å². The monoisotopic (exact) mass is 208 g/mol. The zero-order valence-corrected chi connectivity index (χ0v) is 10.6. The molecule has 13 heavy (non-hydrogen) atoms. The SMILES string of the molecule is Cl.[CH2-]CCC.[CH2-]c1ccccc1.[Mg+2]. The largest absolute Gasteiger partial charge is 2.00 e. The van der Waals surface area contributed by atoms with Crippen LogP contribution in [0, 0.1) is 13.8 Å². The summed E-state index contributed by atoms with van der Waals surface area (Å²) in [7, 11) is 0. The molecule has 0 nitrogen and oxygen atoms in total. The summed E-state index contributed by atoms with van der Waals surface area (Å²) in [6.45, 7) is 9.44. The van der Waals surface area contributed by atoms with Gasteiger partial charge in [-0.25, -0.2) is 0 Å². The Morgan fingerprint density at radius 1 is 1.15 bits per heavy atom. The Hall–Kier alpha value is 0.146. The van der Waals surface area contributed by atoms with Crippen LogP contribution >= 0.6 is 12.4 Å². The van der Waals surface area contributed by atoms with Crippen LogP contribution in [0.15, 0.2) is 30.3 Å². The van der Waals surface area contributed by atoms with Crippen LogP contribution in [0.2, 0.25) is 0 Å². The second-order valence-electron chi connectivity index (χ2n) is 2.34. The molecule has 0 aliphatic heterocycles. The van der Waals surface area contributed by atoms with Crippen molar-refractivity contribution in [3.63, 3.8) is 0 Å². The van der Waals surface area contributed by atoms with Crippen molar-refractivity contribution in [2.45, 2.75) is 19.8 Å². The average Bonchev–Trinajstić information content (AvgIpc) is 2.07. The van der Waals surface area contributed by atoms with Gasteiger partial charge in [-0.15, -0.1) is 24.5 Å². The first-order valence-corrected chi connectivity index (χ1v) is 3.97. The quantitative estimate of drug-likeness (QED) is 0.490. The minimum absolute atomic E-state index is 0. The van der Waals surface area contributed by atoms with Crippen molar-refractivity contribution in [3.05, 3.63) is 49.7 Å². The van der Waals surface area contributed by atoms with Crippen molar-refractivity contribution in [2.75, 3.05) is 0 Å². The van der Waals surface area contributed by atoms with E-state index in [9.17, 15) is 0 Å². The molecule has 0 unspecified atom stereocenters. The van der Waals surface area contributed by atoms with Gasteiger partial charge < -0.3 is 6.92 Å². The molecule has 0 saturated heterocycles. The number of hydrogen-bond acceptors (Lipinski definition) is 0. The fourth-order valence-corrected chi connectivity index (χ4v) is 0.478. The Bertz CT molecular complexity index is 161. The molecule has 0 saturated carbocycles. The molecule has 0 spiro atoms. The third kappa shape index (κ3) is 14.9. The third-order valence-corrected chi connectivity index (χ3v) is 1.20. The van der Waals surface area contributed by atoms with E-state index in [2.05, 4.69) is 20.8 Å².